The minimum atomic E-state index is -0.171. The van der Waals surface area contributed by atoms with Gasteiger partial charge < -0.3 is 0 Å². The third kappa shape index (κ3) is 1.39. The molecule has 2 aromatic heterocycles. The molecule has 0 atom stereocenters. The summed E-state index contributed by atoms with van der Waals surface area (Å²) in [5.41, 5.74) is 0. The molecule has 4 aliphatic heterocycles. The van der Waals surface area contributed by atoms with Gasteiger partial charge in [-0.1, -0.05) is 14.9 Å². The maximum atomic E-state index is 2.58. The highest BCUT2D eigenvalue weighted by atomic mass is 15.7. The zero-order chi connectivity index (χ0) is 13.6. The molecule has 23 heavy (non-hydrogen) atoms. The number of hydrogen-bond donors (Lipinski definition) is 0. The number of aromatic nitrogens is 2. The molecular weight excluding hydrogens is 284 g/mol. The monoisotopic (exact) mass is 308 g/mol. The summed E-state index contributed by atoms with van der Waals surface area (Å²) < 4.78 is 5.04. The van der Waals surface area contributed by atoms with Crippen LogP contribution in [0.1, 0.15) is 14.9 Å². The first-order valence-electron chi connectivity index (χ1n) is 7.66. The van der Waals surface area contributed by atoms with Crippen LogP contribution in [0.25, 0.3) is 24.3 Å². The average Bonchev–Trinajstić information content (AvgIpc) is 3.13. The van der Waals surface area contributed by atoms with Crippen molar-refractivity contribution in [2.24, 2.45) is 0 Å². The summed E-state index contributed by atoms with van der Waals surface area (Å²) in [6, 6.07) is 9.06. The first-order valence-corrected chi connectivity index (χ1v) is 7.66. The van der Waals surface area contributed by atoms with Crippen molar-refractivity contribution in [3.05, 3.63) is 45.7 Å². The Morgan fingerprint density at radius 1 is 0.565 bits per heavy atom. The fourth-order valence-electron chi connectivity index (χ4n) is 4.59. The lowest BCUT2D eigenvalue weighted by atomic mass is 10.1. The van der Waals surface area contributed by atoms with Crippen LogP contribution in [-0.2, 0) is 5.91 Å². The minimum absolute atomic E-state index is 0. The van der Waals surface area contributed by atoms with Gasteiger partial charge in [0.25, 0.3) is 0 Å². The zero-order valence-electron chi connectivity index (χ0n) is 11.7. The van der Waals surface area contributed by atoms with Crippen LogP contribution < -0.4 is 21.4 Å². The van der Waals surface area contributed by atoms with Crippen molar-refractivity contribution in [1.82, 2.24) is 18.9 Å². The molecule has 0 saturated heterocycles. The highest BCUT2D eigenvalue weighted by molar-refractivity contribution is 5.42. The van der Waals surface area contributed by atoms with Gasteiger partial charge in [-0.15, -0.1) is 0 Å². The predicted octanol–water partition coefficient (Wildman–Crippen LogP) is -0.542. The first kappa shape index (κ1) is 14.5. The molecule has 1 spiro atoms. The van der Waals surface area contributed by atoms with E-state index in [1.165, 1.54) is 21.4 Å². The fraction of sp³-hybridized carbons (Fsp3) is 0.368. The van der Waals surface area contributed by atoms with Gasteiger partial charge in [0, 0.05) is 47.6 Å². The Bertz CT molecular complexity index is 865. The van der Waals surface area contributed by atoms with Crippen LogP contribution in [0.3, 0.4) is 0 Å². The molecule has 0 saturated carbocycles. The normalized spacial score (nSPS) is 21.9. The lowest BCUT2D eigenvalue weighted by Gasteiger charge is -2.56. The molecular formula is C19H24N4. The molecule has 0 aliphatic carbocycles. The van der Waals surface area contributed by atoms with Gasteiger partial charge in [0.2, 0.25) is 5.91 Å². The fourth-order valence-corrected chi connectivity index (χ4v) is 4.59. The Kier molecular flexibility index (Phi) is 2.84. The van der Waals surface area contributed by atoms with Gasteiger partial charge in [0.1, 0.15) is 0 Å². The summed E-state index contributed by atoms with van der Waals surface area (Å²) in [4.78, 5) is 5.17. The molecule has 0 amide bonds. The second kappa shape index (κ2) is 4.49. The highest BCUT2D eigenvalue weighted by Gasteiger charge is 2.51. The van der Waals surface area contributed by atoms with Crippen LogP contribution in [0, 0.1) is 0 Å². The van der Waals surface area contributed by atoms with Crippen molar-refractivity contribution in [3.63, 3.8) is 0 Å². The smallest absolute Gasteiger partial charge is 0.244 e. The van der Waals surface area contributed by atoms with Gasteiger partial charge in [0.15, 0.2) is 0 Å². The maximum Gasteiger partial charge on any atom is 0.244 e. The standard InChI is InChI=1S/C17H16N4.2CH4/c1-2-14-6-10-19-12-8-16-4-3-15-7-11-18-9-5-13(1)20(14)17(18,19)21(15)16;;/h1-8H,9-12H2;2*1H4. The van der Waals surface area contributed by atoms with Crippen molar-refractivity contribution >= 4 is 24.3 Å². The zero-order valence-corrected chi connectivity index (χ0v) is 11.7. The van der Waals surface area contributed by atoms with E-state index < -0.39 is 0 Å². The van der Waals surface area contributed by atoms with E-state index in [0.717, 1.165) is 26.2 Å². The van der Waals surface area contributed by atoms with Crippen molar-refractivity contribution in [3.8, 4) is 0 Å². The third-order valence-corrected chi connectivity index (χ3v) is 5.41. The summed E-state index contributed by atoms with van der Waals surface area (Å²) in [6.07, 6.45) is 9.41. The van der Waals surface area contributed by atoms with E-state index in [9.17, 15) is 0 Å². The van der Waals surface area contributed by atoms with Gasteiger partial charge in [-0.25, -0.2) is 9.80 Å². The molecule has 2 aromatic rings. The van der Waals surface area contributed by atoms with E-state index in [4.69, 9.17) is 0 Å². The van der Waals surface area contributed by atoms with Gasteiger partial charge in [-0.3, -0.25) is 9.13 Å². The third-order valence-electron chi connectivity index (χ3n) is 5.41. The molecule has 4 aliphatic rings. The van der Waals surface area contributed by atoms with E-state index in [1.54, 1.807) is 0 Å². The van der Waals surface area contributed by atoms with Crippen molar-refractivity contribution in [1.29, 1.82) is 0 Å². The van der Waals surface area contributed by atoms with Crippen LogP contribution in [0.4, 0.5) is 0 Å². The number of hydrogen-bond acceptors (Lipinski definition) is 2. The Morgan fingerprint density at radius 2 is 0.870 bits per heavy atom. The van der Waals surface area contributed by atoms with Crippen LogP contribution in [-0.4, -0.2) is 45.1 Å². The van der Waals surface area contributed by atoms with Gasteiger partial charge in [-0.05, 0) is 48.6 Å². The van der Waals surface area contributed by atoms with Crippen LogP contribution in [0.15, 0.2) is 24.3 Å². The van der Waals surface area contributed by atoms with E-state index in [2.05, 4.69) is 67.5 Å². The number of nitrogens with zero attached hydrogens (tertiary/aromatic N) is 4. The second-order valence-corrected chi connectivity index (χ2v) is 6.26. The summed E-state index contributed by atoms with van der Waals surface area (Å²) in [7, 11) is 0. The van der Waals surface area contributed by atoms with Crippen molar-refractivity contribution in [2.75, 3.05) is 26.2 Å². The average molecular weight is 308 g/mol. The van der Waals surface area contributed by atoms with Crippen molar-refractivity contribution < 1.29 is 0 Å². The van der Waals surface area contributed by atoms with Gasteiger partial charge >= 0.3 is 0 Å². The topological polar surface area (TPSA) is 16.3 Å². The molecule has 6 heterocycles. The molecule has 0 unspecified atom stereocenters. The van der Waals surface area contributed by atoms with Gasteiger partial charge in [0.05, 0.1) is 0 Å². The molecule has 4 heteroatoms. The molecule has 0 fully saturated rings. The summed E-state index contributed by atoms with van der Waals surface area (Å²) in [5, 5.41) is 5.38. The predicted molar refractivity (Wildman–Crippen MR) is 95.2 cm³/mol. The Balaban J connectivity index is 0.000000676. The van der Waals surface area contributed by atoms with Crippen LogP contribution in [0.2, 0.25) is 0 Å². The second-order valence-electron chi connectivity index (χ2n) is 6.26. The molecule has 6 rings (SSSR count). The van der Waals surface area contributed by atoms with Gasteiger partial charge in [-0.2, -0.15) is 0 Å². The molecule has 0 aromatic carbocycles. The molecule has 0 radical (unpaired) electrons. The Morgan fingerprint density at radius 3 is 1.17 bits per heavy atom. The van der Waals surface area contributed by atoms with Crippen LogP contribution >= 0.6 is 0 Å². The largest absolute Gasteiger partial charge is 0.292 e. The highest BCUT2D eigenvalue weighted by Crippen LogP contribution is 2.31. The number of rotatable bonds is 0. The summed E-state index contributed by atoms with van der Waals surface area (Å²) >= 11 is 0. The summed E-state index contributed by atoms with van der Waals surface area (Å²) in [6.45, 7) is 4.03. The lowest BCUT2D eigenvalue weighted by molar-refractivity contribution is -0.146. The molecule has 120 valence electrons. The first-order chi connectivity index (χ1) is 10.4. The Labute approximate surface area is 136 Å². The van der Waals surface area contributed by atoms with E-state index >= 15 is 0 Å². The van der Waals surface area contributed by atoms with Crippen LogP contribution in [0.5, 0.6) is 0 Å². The van der Waals surface area contributed by atoms with Crippen molar-refractivity contribution in [2.45, 2.75) is 20.8 Å². The SMILES string of the molecule is C.C.C1=c2ccc3n2C24N(C1)CC=c1ccc(n12)=CCN4CC=3. The minimum Gasteiger partial charge on any atom is -0.292 e. The van der Waals surface area contributed by atoms with E-state index in [-0.39, 0.29) is 20.8 Å². The van der Waals surface area contributed by atoms with E-state index in [0.29, 0.717) is 0 Å². The molecule has 0 N–H and O–H groups in total. The molecule has 0 bridgehead atoms. The maximum absolute atomic E-state index is 2.58. The molecule has 4 nitrogen and oxygen atoms in total. The quantitative estimate of drug-likeness (QED) is 0.650. The Hall–Kier alpha value is -2.04. The summed E-state index contributed by atoms with van der Waals surface area (Å²) in [5.74, 6) is -0.171. The van der Waals surface area contributed by atoms with E-state index in [1.807, 2.05) is 0 Å². The lowest BCUT2D eigenvalue weighted by Crippen LogP contribution is -2.78.